The highest BCUT2D eigenvalue weighted by Gasteiger charge is 2.30. The van der Waals surface area contributed by atoms with Crippen LogP contribution < -0.4 is 10.6 Å². The number of H-pyrrole nitrogens is 1. The molecular weight excluding hydrogens is 386 g/mol. The standard InChI is InChI=1S/C21H29N5O4/c1-21(2,3)30-20(29)23-11-10-22-18(27)14-7-6-12-26(13-14)19(28)17-15-8-4-5-9-16(15)24-25-17/h4-5,8-9,14H,6-7,10-13H2,1-3H3,(H,22,27)(H,23,29)(H,24,25)/t14-/m0/s1. The second-order valence-electron chi connectivity index (χ2n) is 8.43. The lowest BCUT2D eigenvalue weighted by atomic mass is 9.96. The molecule has 0 bridgehead atoms. The molecule has 1 aromatic carbocycles. The highest BCUT2D eigenvalue weighted by atomic mass is 16.6. The van der Waals surface area contributed by atoms with Crippen LogP contribution in [0.5, 0.6) is 0 Å². The van der Waals surface area contributed by atoms with E-state index < -0.39 is 11.7 Å². The number of alkyl carbamates (subject to hydrolysis) is 1. The van der Waals surface area contributed by atoms with Crippen molar-refractivity contribution in [1.29, 1.82) is 0 Å². The normalized spacial score (nSPS) is 16.9. The molecule has 1 fully saturated rings. The molecule has 30 heavy (non-hydrogen) atoms. The van der Waals surface area contributed by atoms with Crippen LogP contribution in [0.4, 0.5) is 4.79 Å². The van der Waals surface area contributed by atoms with E-state index in [0.29, 0.717) is 25.3 Å². The Morgan fingerprint density at radius 2 is 1.93 bits per heavy atom. The third-order valence-electron chi connectivity index (χ3n) is 4.84. The fourth-order valence-corrected chi connectivity index (χ4v) is 3.46. The van der Waals surface area contributed by atoms with Crippen molar-refractivity contribution in [1.82, 2.24) is 25.7 Å². The van der Waals surface area contributed by atoms with Crippen LogP contribution in [0.15, 0.2) is 24.3 Å². The fourth-order valence-electron chi connectivity index (χ4n) is 3.46. The summed E-state index contributed by atoms with van der Waals surface area (Å²) in [4.78, 5) is 38.8. The molecule has 1 aromatic heterocycles. The second kappa shape index (κ2) is 9.15. The molecular formula is C21H29N5O4. The van der Waals surface area contributed by atoms with E-state index in [4.69, 9.17) is 4.74 Å². The van der Waals surface area contributed by atoms with Crippen LogP contribution >= 0.6 is 0 Å². The van der Waals surface area contributed by atoms with Gasteiger partial charge in [-0.2, -0.15) is 5.10 Å². The lowest BCUT2D eigenvalue weighted by Crippen LogP contribution is -2.46. The van der Waals surface area contributed by atoms with Crippen molar-refractivity contribution < 1.29 is 19.1 Å². The zero-order valence-corrected chi connectivity index (χ0v) is 17.7. The summed E-state index contributed by atoms with van der Waals surface area (Å²) in [5.41, 5.74) is 0.628. The molecule has 1 aliphatic heterocycles. The number of ether oxygens (including phenoxy) is 1. The van der Waals surface area contributed by atoms with E-state index in [1.54, 1.807) is 25.7 Å². The van der Waals surface area contributed by atoms with Crippen molar-refractivity contribution in [2.45, 2.75) is 39.2 Å². The zero-order chi connectivity index (χ0) is 21.7. The van der Waals surface area contributed by atoms with Crippen LogP contribution in [-0.2, 0) is 9.53 Å². The quantitative estimate of drug-likeness (QED) is 0.647. The molecule has 3 rings (SSSR count). The maximum Gasteiger partial charge on any atom is 0.407 e. The number of carbonyl (C=O) groups excluding carboxylic acids is 3. The molecule has 0 saturated carbocycles. The molecule has 3 N–H and O–H groups in total. The van der Waals surface area contributed by atoms with Crippen LogP contribution in [0.3, 0.4) is 0 Å². The van der Waals surface area contributed by atoms with Gasteiger partial charge in [-0.15, -0.1) is 0 Å². The average molecular weight is 415 g/mol. The minimum Gasteiger partial charge on any atom is -0.444 e. The van der Waals surface area contributed by atoms with Gasteiger partial charge in [0.2, 0.25) is 5.91 Å². The van der Waals surface area contributed by atoms with E-state index in [1.165, 1.54) is 0 Å². The summed E-state index contributed by atoms with van der Waals surface area (Å²) in [7, 11) is 0. The lowest BCUT2D eigenvalue weighted by molar-refractivity contribution is -0.126. The summed E-state index contributed by atoms with van der Waals surface area (Å²) in [5.74, 6) is -0.573. The third-order valence-corrected chi connectivity index (χ3v) is 4.84. The Kier molecular flexibility index (Phi) is 6.59. The number of para-hydroxylation sites is 1. The number of nitrogens with one attached hydrogen (secondary N) is 3. The van der Waals surface area contributed by atoms with Gasteiger partial charge in [0.15, 0.2) is 5.69 Å². The maximum absolute atomic E-state index is 12.9. The van der Waals surface area contributed by atoms with Gasteiger partial charge in [0.05, 0.1) is 11.4 Å². The average Bonchev–Trinajstić information content (AvgIpc) is 3.13. The van der Waals surface area contributed by atoms with Crippen molar-refractivity contribution in [2.24, 2.45) is 5.92 Å². The highest BCUT2D eigenvalue weighted by molar-refractivity contribution is 6.04. The predicted molar refractivity (Wildman–Crippen MR) is 112 cm³/mol. The summed E-state index contributed by atoms with van der Waals surface area (Å²) >= 11 is 0. The van der Waals surface area contributed by atoms with Crippen molar-refractivity contribution >= 4 is 28.8 Å². The van der Waals surface area contributed by atoms with Gasteiger partial charge in [-0.1, -0.05) is 18.2 Å². The Labute approximate surface area is 175 Å². The first-order valence-electron chi connectivity index (χ1n) is 10.2. The Balaban J connectivity index is 1.49. The van der Waals surface area contributed by atoms with E-state index in [2.05, 4.69) is 20.8 Å². The minimum atomic E-state index is -0.564. The third kappa shape index (κ3) is 5.49. The van der Waals surface area contributed by atoms with Gasteiger partial charge in [0, 0.05) is 31.6 Å². The largest absolute Gasteiger partial charge is 0.444 e. The molecule has 1 saturated heterocycles. The Bertz CT molecular complexity index is 918. The number of carbonyl (C=O) groups is 3. The number of aromatic amines is 1. The zero-order valence-electron chi connectivity index (χ0n) is 17.7. The number of piperidine rings is 1. The molecule has 9 nitrogen and oxygen atoms in total. The molecule has 0 spiro atoms. The van der Waals surface area contributed by atoms with E-state index in [-0.39, 0.29) is 24.3 Å². The number of rotatable bonds is 5. The molecule has 2 aromatic rings. The van der Waals surface area contributed by atoms with Gasteiger partial charge in [0.1, 0.15) is 5.60 Å². The lowest BCUT2D eigenvalue weighted by Gasteiger charge is -2.31. The molecule has 0 radical (unpaired) electrons. The SMILES string of the molecule is CC(C)(C)OC(=O)NCCNC(=O)[C@H]1CCCN(C(=O)c2n[nH]c3ccccc23)C1. The van der Waals surface area contributed by atoms with E-state index >= 15 is 0 Å². The Morgan fingerprint density at radius 3 is 2.70 bits per heavy atom. The summed E-state index contributed by atoms with van der Waals surface area (Å²) in [6.45, 7) is 6.89. The van der Waals surface area contributed by atoms with Crippen molar-refractivity contribution in [3.63, 3.8) is 0 Å². The molecule has 3 amide bonds. The summed E-state index contributed by atoms with van der Waals surface area (Å²) in [5, 5.41) is 13.3. The molecule has 9 heteroatoms. The maximum atomic E-state index is 12.9. The van der Waals surface area contributed by atoms with Crippen LogP contribution in [0.1, 0.15) is 44.1 Å². The summed E-state index contributed by atoms with van der Waals surface area (Å²) in [6.07, 6.45) is 0.955. The van der Waals surface area contributed by atoms with Crippen LogP contribution in [0, 0.1) is 5.92 Å². The predicted octanol–water partition coefficient (Wildman–Crippen LogP) is 2.06. The van der Waals surface area contributed by atoms with Crippen LogP contribution in [0.2, 0.25) is 0 Å². The van der Waals surface area contributed by atoms with Crippen LogP contribution in [0.25, 0.3) is 10.9 Å². The molecule has 0 unspecified atom stereocenters. The van der Waals surface area contributed by atoms with E-state index in [9.17, 15) is 14.4 Å². The van der Waals surface area contributed by atoms with Gasteiger partial charge in [-0.05, 0) is 39.7 Å². The number of nitrogens with zero attached hydrogens (tertiary/aromatic N) is 2. The first-order valence-corrected chi connectivity index (χ1v) is 10.2. The van der Waals surface area contributed by atoms with Gasteiger partial charge >= 0.3 is 6.09 Å². The molecule has 1 atom stereocenters. The molecule has 1 aliphatic rings. The summed E-state index contributed by atoms with van der Waals surface area (Å²) in [6, 6.07) is 7.48. The van der Waals surface area contributed by atoms with Gasteiger partial charge in [-0.25, -0.2) is 4.79 Å². The number of amides is 3. The number of likely N-dealkylation sites (tertiary alicyclic amines) is 1. The monoisotopic (exact) mass is 415 g/mol. The number of hydrogen-bond donors (Lipinski definition) is 3. The Morgan fingerprint density at radius 1 is 1.20 bits per heavy atom. The highest BCUT2D eigenvalue weighted by Crippen LogP contribution is 2.22. The number of fused-ring (bicyclic) bond motifs is 1. The fraction of sp³-hybridized carbons (Fsp3) is 0.524. The minimum absolute atomic E-state index is 0.120. The number of benzene rings is 1. The number of hydrogen-bond acceptors (Lipinski definition) is 5. The van der Waals surface area contributed by atoms with Gasteiger partial charge in [0.25, 0.3) is 5.91 Å². The van der Waals surface area contributed by atoms with E-state index in [1.807, 2.05) is 24.3 Å². The summed E-state index contributed by atoms with van der Waals surface area (Å²) < 4.78 is 5.15. The van der Waals surface area contributed by atoms with Crippen molar-refractivity contribution in [3.05, 3.63) is 30.0 Å². The first-order chi connectivity index (χ1) is 14.2. The van der Waals surface area contributed by atoms with Gasteiger partial charge < -0.3 is 20.3 Å². The van der Waals surface area contributed by atoms with Gasteiger partial charge in [-0.3, -0.25) is 14.7 Å². The Hall–Kier alpha value is -3.10. The second-order valence-corrected chi connectivity index (χ2v) is 8.43. The van der Waals surface area contributed by atoms with Crippen molar-refractivity contribution in [3.8, 4) is 0 Å². The smallest absolute Gasteiger partial charge is 0.407 e. The van der Waals surface area contributed by atoms with E-state index in [0.717, 1.165) is 23.7 Å². The topological polar surface area (TPSA) is 116 Å². The molecule has 162 valence electrons. The molecule has 0 aliphatic carbocycles. The van der Waals surface area contributed by atoms with Crippen molar-refractivity contribution in [2.75, 3.05) is 26.2 Å². The molecule has 2 heterocycles. The number of aromatic nitrogens is 2. The first kappa shape index (κ1) is 21.6. The van der Waals surface area contributed by atoms with Crippen LogP contribution in [-0.4, -0.2) is 64.8 Å².